The summed E-state index contributed by atoms with van der Waals surface area (Å²) in [6.07, 6.45) is 0. The number of aliphatic hydroxyl groups is 1. The second kappa shape index (κ2) is 6.09. The average Bonchev–Trinajstić information content (AvgIpc) is 2.43. The van der Waals surface area contributed by atoms with E-state index < -0.39 is 0 Å². The van der Waals surface area contributed by atoms with Gasteiger partial charge in [-0.1, -0.05) is 41.9 Å². The Morgan fingerprint density at radius 1 is 1.11 bits per heavy atom. The number of hydrogen-bond acceptors (Lipinski definition) is 2. The van der Waals surface area contributed by atoms with Gasteiger partial charge in [0.25, 0.3) is 0 Å². The standard InChI is InChI=1S/C16H18ClNO/c1-3-18(15-10-5-4-7-12(15)2)16-13(11-19)8-6-9-14(16)17/h4-10,19H,3,11H2,1-2H3. The van der Waals surface area contributed by atoms with Gasteiger partial charge >= 0.3 is 0 Å². The molecule has 0 radical (unpaired) electrons. The van der Waals surface area contributed by atoms with E-state index in [0.29, 0.717) is 5.02 Å². The maximum atomic E-state index is 9.52. The van der Waals surface area contributed by atoms with Crippen LogP contribution in [0.1, 0.15) is 18.1 Å². The van der Waals surface area contributed by atoms with E-state index in [1.807, 2.05) is 30.3 Å². The molecule has 1 N–H and O–H groups in total. The van der Waals surface area contributed by atoms with Crippen LogP contribution in [0.3, 0.4) is 0 Å². The lowest BCUT2D eigenvalue weighted by molar-refractivity contribution is 0.282. The minimum Gasteiger partial charge on any atom is -0.392 e. The normalized spacial score (nSPS) is 10.5. The number of benzene rings is 2. The van der Waals surface area contributed by atoms with Gasteiger partial charge in [-0.2, -0.15) is 0 Å². The van der Waals surface area contributed by atoms with Crippen molar-refractivity contribution in [2.45, 2.75) is 20.5 Å². The fraction of sp³-hybridized carbons (Fsp3) is 0.250. The number of aryl methyl sites for hydroxylation is 1. The molecule has 2 aromatic carbocycles. The molecule has 0 aliphatic heterocycles. The zero-order chi connectivity index (χ0) is 13.8. The highest BCUT2D eigenvalue weighted by atomic mass is 35.5. The zero-order valence-electron chi connectivity index (χ0n) is 11.2. The van der Waals surface area contributed by atoms with Gasteiger partial charge < -0.3 is 10.0 Å². The molecule has 0 saturated heterocycles. The second-order valence-electron chi connectivity index (χ2n) is 4.44. The molecule has 0 bridgehead atoms. The van der Waals surface area contributed by atoms with Gasteiger partial charge in [0.1, 0.15) is 0 Å². The van der Waals surface area contributed by atoms with Crippen LogP contribution < -0.4 is 4.90 Å². The highest BCUT2D eigenvalue weighted by Crippen LogP contribution is 2.36. The quantitative estimate of drug-likeness (QED) is 0.899. The van der Waals surface area contributed by atoms with Gasteiger partial charge in [-0.05, 0) is 31.5 Å². The molecule has 3 heteroatoms. The number of hydrogen-bond donors (Lipinski definition) is 1. The SMILES string of the molecule is CCN(c1ccccc1C)c1c(Cl)cccc1CO. The Balaban J connectivity index is 2.58. The van der Waals surface area contributed by atoms with E-state index in [9.17, 15) is 5.11 Å². The maximum absolute atomic E-state index is 9.52. The van der Waals surface area contributed by atoms with Gasteiger partial charge in [-0.15, -0.1) is 0 Å². The first-order valence-electron chi connectivity index (χ1n) is 6.40. The van der Waals surface area contributed by atoms with Gasteiger partial charge in [-0.3, -0.25) is 0 Å². The van der Waals surface area contributed by atoms with Crippen LogP contribution in [0.25, 0.3) is 0 Å². The number of halogens is 1. The smallest absolute Gasteiger partial charge is 0.0702 e. The third-order valence-corrected chi connectivity index (χ3v) is 3.54. The number of rotatable bonds is 4. The Hall–Kier alpha value is -1.51. The molecule has 0 aliphatic rings. The van der Waals surface area contributed by atoms with Crippen molar-refractivity contribution in [3.8, 4) is 0 Å². The molecular weight excluding hydrogens is 258 g/mol. The zero-order valence-corrected chi connectivity index (χ0v) is 12.0. The van der Waals surface area contributed by atoms with Crippen LogP contribution in [-0.4, -0.2) is 11.7 Å². The van der Waals surface area contributed by atoms with Gasteiger partial charge in [0, 0.05) is 17.8 Å². The molecule has 2 aromatic rings. The maximum Gasteiger partial charge on any atom is 0.0702 e. The molecule has 0 spiro atoms. The number of aliphatic hydroxyl groups excluding tert-OH is 1. The van der Waals surface area contributed by atoms with E-state index in [-0.39, 0.29) is 6.61 Å². The predicted molar refractivity (Wildman–Crippen MR) is 81.2 cm³/mol. The van der Waals surface area contributed by atoms with Crippen molar-refractivity contribution >= 4 is 23.0 Å². The van der Waals surface area contributed by atoms with Crippen LogP contribution in [0.2, 0.25) is 5.02 Å². The van der Waals surface area contributed by atoms with Crippen molar-refractivity contribution in [3.05, 3.63) is 58.6 Å². The van der Waals surface area contributed by atoms with E-state index in [2.05, 4.69) is 30.9 Å². The molecule has 100 valence electrons. The predicted octanol–water partition coefficient (Wildman–Crippen LogP) is 4.30. The highest BCUT2D eigenvalue weighted by Gasteiger charge is 2.16. The Morgan fingerprint density at radius 3 is 2.47 bits per heavy atom. The van der Waals surface area contributed by atoms with Crippen molar-refractivity contribution < 1.29 is 5.11 Å². The minimum absolute atomic E-state index is 0.0156. The van der Waals surface area contributed by atoms with Crippen LogP contribution in [0.15, 0.2) is 42.5 Å². The lowest BCUT2D eigenvalue weighted by atomic mass is 10.1. The lowest BCUT2D eigenvalue weighted by Crippen LogP contribution is -2.19. The molecule has 2 rings (SSSR count). The molecular formula is C16H18ClNO. The van der Waals surface area contributed by atoms with Gasteiger partial charge in [0.05, 0.1) is 17.3 Å². The summed E-state index contributed by atoms with van der Waals surface area (Å²) in [5, 5.41) is 10.2. The van der Waals surface area contributed by atoms with Crippen LogP contribution in [0.5, 0.6) is 0 Å². The van der Waals surface area contributed by atoms with Crippen molar-refractivity contribution in [1.82, 2.24) is 0 Å². The van der Waals surface area contributed by atoms with Crippen molar-refractivity contribution in [2.75, 3.05) is 11.4 Å². The molecule has 0 amide bonds. The first kappa shape index (κ1) is 13.9. The summed E-state index contributed by atoms with van der Waals surface area (Å²) in [5.41, 5.74) is 4.04. The van der Waals surface area contributed by atoms with Crippen molar-refractivity contribution in [2.24, 2.45) is 0 Å². The van der Waals surface area contributed by atoms with E-state index in [1.165, 1.54) is 5.56 Å². The molecule has 0 aromatic heterocycles. The summed E-state index contributed by atoms with van der Waals surface area (Å²) in [4.78, 5) is 2.14. The topological polar surface area (TPSA) is 23.5 Å². The molecule has 19 heavy (non-hydrogen) atoms. The van der Waals surface area contributed by atoms with Crippen molar-refractivity contribution in [1.29, 1.82) is 0 Å². The first-order valence-corrected chi connectivity index (χ1v) is 6.78. The summed E-state index contributed by atoms with van der Waals surface area (Å²) in [6.45, 7) is 4.93. The molecule has 2 nitrogen and oxygen atoms in total. The van der Waals surface area contributed by atoms with Crippen LogP contribution >= 0.6 is 11.6 Å². The van der Waals surface area contributed by atoms with Gasteiger partial charge in [0.15, 0.2) is 0 Å². The molecule has 0 aliphatic carbocycles. The van der Waals surface area contributed by atoms with E-state index >= 15 is 0 Å². The summed E-state index contributed by atoms with van der Waals surface area (Å²) in [7, 11) is 0. The van der Waals surface area contributed by atoms with Crippen LogP contribution in [0.4, 0.5) is 11.4 Å². The summed E-state index contributed by atoms with van der Waals surface area (Å²) < 4.78 is 0. The summed E-state index contributed by atoms with van der Waals surface area (Å²) in [5.74, 6) is 0. The third-order valence-electron chi connectivity index (χ3n) is 3.23. The Morgan fingerprint density at radius 2 is 1.84 bits per heavy atom. The van der Waals surface area contributed by atoms with Crippen LogP contribution in [0, 0.1) is 6.92 Å². The minimum atomic E-state index is -0.0156. The van der Waals surface area contributed by atoms with E-state index in [1.54, 1.807) is 0 Å². The monoisotopic (exact) mass is 275 g/mol. The fourth-order valence-corrected chi connectivity index (χ4v) is 2.60. The summed E-state index contributed by atoms with van der Waals surface area (Å²) >= 11 is 6.33. The molecule has 0 atom stereocenters. The molecule has 0 heterocycles. The first-order chi connectivity index (χ1) is 9.19. The van der Waals surface area contributed by atoms with Crippen molar-refractivity contribution in [3.63, 3.8) is 0 Å². The largest absolute Gasteiger partial charge is 0.392 e. The Bertz CT molecular complexity index is 568. The molecule has 0 unspecified atom stereocenters. The van der Waals surface area contributed by atoms with E-state index in [4.69, 9.17) is 11.6 Å². The van der Waals surface area contributed by atoms with Gasteiger partial charge in [-0.25, -0.2) is 0 Å². The average molecular weight is 276 g/mol. The molecule has 0 saturated carbocycles. The molecule has 0 fully saturated rings. The number of para-hydroxylation sites is 2. The Kier molecular flexibility index (Phi) is 4.46. The third kappa shape index (κ3) is 2.75. The van der Waals surface area contributed by atoms with Crippen LogP contribution in [-0.2, 0) is 6.61 Å². The van der Waals surface area contributed by atoms with Gasteiger partial charge in [0.2, 0.25) is 0 Å². The Labute approximate surface area is 119 Å². The number of nitrogens with zero attached hydrogens (tertiary/aromatic N) is 1. The lowest BCUT2D eigenvalue weighted by Gasteiger charge is -2.28. The summed E-state index contributed by atoms with van der Waals surface area (Å²) in [6, 6.07) is 13.8. The number of anilines is 2. The van der Waals surface area contributed by atoms with E-state index in [0.717, 1.165) is 23.5 Å². The second-order valence-corrected chi connectivity index (χ2v) is 4.84. The fourth-order valence-electron chi connectivity index (χ4n) is 2.31. The highest BCUT2D eigenvalue weighted by molar-refractivity contribution is 6.33.